The van der Waals surface area contributed by atoms with E-state index in [1.807, 2.05) is 0 Å². The fourth-order valence-corrected chi connectivity index (χ4v) is 1.29. The van der Waals surface area contributed by atoms with Gasteiger partial charge < -0.3 is 9.52 Å². The highest BCUT2D eigenvalue weighted by molar-refractivity contribution is 5.67. The second-order valence-electron chi connectivity index (χ2n) is 3.24. The number of aromatic nitrogens is 2. The molecule has 2 heterocycles. The van der Waals surface area contributed by atoms with Crippen molar-refractivity contribution in [2.75, 3.05) is 0 Å². The van der Waals surface area contributed by atoms with Gasteiger partial charge in [-0.2, -0.15) is 0 Å². The number of carboxylic acid groups (broad SMARTS) is 1. The average molecular weight is 218 g/mol. The van der Waals surface area contributed by atoms with Gasteiger partial charge in [0.05, 0.1) is 12.7 Å². The smallest absolute Gasteiger partial charge is 0.303 e. The Morgan fingerprint density at radius 2 is 2.31 bits per heavy atom. The van der Waals surface area contributed by atoms with Crippen LogP contribution in [-0.4, -0.2) is 21.0 Å². The molecule has 0 saturated heterocycles. The Balaban J connectivity index is 2.17. The Morgan fingerprint density at radius 3 is 3.00 bits per heavy atom. The van der Waals surface area contributed by atoms with Crippen LogP contribution in [0.25, 0.3) is 11.6 Å². The average Bonchev–Trinajstić information content (AvgIpc) is 2.80. The number of aliphatic carboxylic acids is 1. The van der Waals surface area contributed by atoms with Gasteiger partial charge >= 0.3 is 5.97 Å². The number of carbonyl (C=O) groups is 1. The van der Waals surface area contributed by atoms with E-state index in [2.05, 4.69) is 9.97 Å². The zero-order valence-corrected chi connectivity index (χ0v) is 8.46. The second kappa shape index (κ2) is 4.57. The minimum atomic E-state index is -0.835. The molecule has 0 radical (unpaired) electrons. The first kappa shape index (κ1) is 10.4. The molecule has 82 valence electrons. The van der Waals surface area contributed by atoms with E-state index >= 15 is 0 Å². The van der Waals surface area contributed by atoms with Crippen molar-refractivity contribution < 1.29 is 14.3 Å². The number of hydrogen-bond acceptors (Lipinski definition) is 4. The normalized spacial score (nSPS) is 10.2. The van der Waals surface area contributed by atoms with E-state index in [9.17, 15) is 4.79 Å². The SMILES string of the molecule is O=C(O)CCc1ccnc(-c2ccco2)n1. The van der Waals surface area contributed by atoms with Crippen LogP contribution in [0.3, 0.4) is 0 Å². The molecule has 2 aromatic heterocycles. The van der Waals surface area contributed by atoms with Gasteiger partial charge in [0, 0.05) is 18.3 Å². The third kappa shape index (κ3) is 2.44. The summed E-state index contributed by atoms with van der Waals surface area (Å²) in [5.41, 5.74) is 0.698. The quantitative estimate of drug-likeness (QED) is 0.846. The van der Waals surface area contributed by atoms with Crippen LogP contribution in [0.1, 0.15) is 12.1 Å². The molecule has 5 heteroatoms. The van der Waals surface area contributed by atoms with Crippen LogP contribution in [-0.2, 0) is 11.2 Å². The van der Waals surface area contributed by atoms with Crippen LogP contribution in [0, 0.1) is 0 Å². The summed E-state index contributed by atoms with van der Waals surface area (Å²) in [6.07, 6.45) is 3.60. The van der Waals surface area contributed by atoms with Gasteiger partial charge in [-0.15, -0.1) is 0 Å². The standard InChI is InChI=1S/C11H10N2O3/c14-10(15)4-3-8-5-6-12-11(13-8)9-2-1-7-16-9/h1-2,5-7H,3-4H2,(H,14,15). The summed E-state index contributed by atoms with van der Waals surface area (Å²) in [5.74, 6) is 0.225. The molecule has 0 saturated carbocycles. The molecule has 0 aliphatic heterocycles. The number of furan rings is 1. The van der Waals surface area contributed by atoms with Crippen molar-refractivity contribution in [1.82, 2.24) is 9.97 Å². The maximum atomic E-state index is 10.4. The topological polar surface area (TPSA) is 76.2 Å². The first-order valence-corrected chi connectivity index (χ1v) is 4.83. The van der Waals surface area contributed by atoms with Gasteiger partial charge in [0.2, 0.25) is 0 Å². The monoisotopic (exact) mass is 218 g/mol. The highest BCUT2D eigenvalue weighted by Gasteiger charge is 2.06. The molecule has 0 bridgehead atoms. The van der Waals surface area contributed by atoms with Crippen molar-refractivity contribution in [3.8, 4) is 11.6 Å². The van der Waals surface area contributed by atoms with Crippen LogP contribution >= 0.6 is 0 Å². The van der Waals surface area contributed by atoms with Gasteiger partial charge in [0.15, 0.2) is 11.6 Å². The summed E-state index contributed by atoms with van der Waals surface area (Å²) in [7, 11) is 0. The molecule has 0 aliphatic carbocycles. The highest BCUT2D eigenvalue weighted by atomic mass is 16.4. The van der Waals surface area contributed by atoms with Crippen LogP contribution in [0.5, 0.6) is 0 Å². The zero-order valence-electron chi connectivity index (χ0n) is 8.46. The summed E-state index contributed by atoms with van der Waals surface area (Å²) < 4.78 is 5.16. The van der Waals surface area contributed by atoms with E-state index in [1.165, 1.54) is 0 Å². The van der Waals surface area contributed by atoms with Gasteiger partial charge in [-0.1, -0.05) is 0 Å². The highest BCUT2D eigenvalue weighted by Crippen LogP contribution is 2.14. The third-order valence-electron chi connectivity index (χ3n) is 2.05. The van der Waals surface area contributed by atoms with Gasteiger partial charge in [-0.05, 0) is 18.2 Å². The van der Waals surface area contributed by atoms with Crippen molar-refractivity contribution in [2.24, 2.45) is 0 Å². The van der Waals surface area contributed by atoms with E-state index in [4.69, 9.17) is 9.52 Å². The Bertz CT molecular complexity index is 480. The van der Waals surface area contributed by atoms with Crippen LogP contribution in [0.15, 0.2) is 35.1 Å². The molecule has 0 atom stereocenters. The Labute approximate surface area is 91.8 Å². The minimum absolute atomic E-state index is 0.0641. The summed E-state index contributed by atoms with van der Waals surface area (Å²) in [5, 5.41) is 8.57. The molecule has 0 aliphatic rings. The van der Waals surface area contributed by atoms with Crippen molar-refractivity contribution in [3.05, 3.63) is 36.4 Å². The number of carboxylic acids is 1. The molecule has 0 fully saturated rings. The van der Waals surface area contributed by atoms with Crippen LogP contribution in [0.2, 0.25) is 0 Å². The molecule has 0 amide bonds. The number of nitrogens with zero attached hydrogens (tertiary/aromatic N) is 2. The maximum absolute atomic E-state index is 10.4. The maximum Gasteiger partial charge on any atom is 0.303 e. The van der Waals surface area contributed by atoms with Gasteiger partial charge in [0.1, 0.15) is 0 Å². The largest absolute Gasteiger partial charge is 0.481 e. The van der Waals surface area contributed by atoms with E-state index in [0.717, 1.165) is 0 Å². The molecule has 2 aromatic rings. The number of aryl methyl sites for hydroxylation is 1. The molecule has 5 nitrogen and oxygen atoms in total. The fraction of sp³-hybridized carbons (Fsp3) is 0.182. The Hall–Kier alpha value is -2.17. The summed E-state index contributed by atoms with van der Waals surface area (Å²) in [6, 6.07) is 5.22. The van der Waals surface area contributed by atoms with Crippen molar-refractivity contribution in [2.45, 2.75) is 12.8 Å². The molecule has 0 unspecified atom stereocenters. The lowest BCUT2D eigenvalue weighted by Crippen LogP contribution is -2.00. The first-order valence-electron chi connectivity index (χ1n) is 4.83. The predicted octanol–water partition coefficient (Wildman–Crippen LogP) is 1.75. The fourth-order valence-electron chi connectivity index (χ4n) is 1.29. The zero-order chi connectivity index (χ0) is 11.4. The predicted molar refractivity (Wildman–Crippen MR) is 55.7 cm³/mol. The lowest BCUT2D eigenvalue weighted by atomic mass is 10.2. The van der Waals surface area contributed by atoms with E-state index in [-0.39, 0.29) is 6.42 Å². The molecule has 16 heavy (non-hydrogen) atoms. The molecular weight excluding hydrogens is 208 g/mol. The lowest BCUT2D eigenvalue weighted by molar-refractivity contribution is -0.136. The first-order chi connectivity index (χ1) is 7.75. The van der Waals surface area contributed by atoms with Crippen LogP contribution < -0.4 is 0 Å². The Morgan fingerprint density at radius 1 is 1.44 bits per heavy atom. The van der Waals surface area contributed by atoms with E-state index < -0.39 is 5.97 Å². The summed E-state index contributed by atoms with van der Waals surface area (Å²) >= 11 is 0. The third-order valence-corrected chi connectivity index (χ3v) is 2.05. The van der Waals surface area contributed by atoms with Crippen molar-refractivity contribution in [1.29, 1.82) is 0 Å². The van der Waals surface area contributed by atoms with Crippen LogP contribution in [0.4, 0.5) is 0 Å². The molecule has 0 spiro atoms. The second-order valence-corrected chi connectivity index (χ2v) is 3.24. The molecule has 2 rings (SSSR count). The van der Waals surface area contributed by atoms with E-state index in [1.54, 1.807) is 30.7 Å². The minimum Gasteiger partial charge on any atom is -0.481 e. The van der Waals surface area contributed by atoms with Crippen molar-refractivity contribution >= 4 is 5.97 Å². The van der Waals surface area contributed by atoms with E-state index in [0.29, 0.717) is 23.7 Å². The molecule has 0 aromatic carbocycles. The Kier molecular flexibility index (Phi) is 2.95. The number of rotatable bonds is 4. The summed E-state index contributed by atoms with van der Waals surface area (Å²) in [4.78, 5) is 18.7. The van der Waals surface area contributed by atoms with Gasteiger partial charge in [-0.25, -0.2) is 9.97 Å². The molecular formula is C11H10N2O3. The molecule has 1 N–H and O–H groups in total. The summed E-state index contributed by atoms with van der Waals surface area (Å²) in [6.45, 7) is 0. The lowest BCUT2D eigenvalue weighted by Gasteiger charge is -1.99. The van der Waals surface area contributed by atoms with Crippen molar-refractivity contribution in [3.63, 3.8) is 0 Å². The number of hydrogen-bond donors (Lipinski definition) is 1. The van der Waals surface area contributed by atoms with Gasteiger partial charge in [-0.3, -0.25) is 4.79 Å². The van der Waals surface area contributed by atoms with Gasteiger partial charge in [0.25, 0.3) is 0 Å².